The molecule has 0 bridgehead atoms. The third-order valence-corrected chi connectivity index (χ3v) is 4.48. The van der Waals surface area contributed by atoms with Gasteiger partial charge in [-0.15, -0.1) is 0 Å². The number of carbonyl (C=O) groups is 1. The lowest BCUT2D eigenvalue weighted by Crippen LogP contribution is -2.28. The molecule has 0 saturated heterocycles. The zero-order valence-corrected chi connectivity index (χ0v) is 11.3. The highest BCUT2D eigenvalue weighted by molar-refractivity contribution is 7.92. The third-order valence-electron chi connectivity index (χ3n) is 2.51. The Bertz CT molecular complexity index is 525. The predicted molar refractivity (Wildman–Crippen MR) is 70.3 cm³/mol. The summed E-state index contributed by atoms with van der Waals surface area (Å²) in [4.78, 5) is 10.6. The van der Waals surface area contributed by atoms with Crippen molar-refractivity contribution in [1.82, 2.24) is 0 Å². The summed E-state index contributed by atoms with van der Waals surface area (Å²) in [5, 5.41) is 8.71. The molecule has 1 aromatic carbocycles. The number of hydrogen-bond acceptors (Lipinski definition) is 3. The minimum absolute atomic E-state index is 0.0760. The maximum absolute atomic E-state index is 11.9. The summed E-state index contributed by atoms with van der Waals surface area (Å²) in [5.74, 6) is -0.863. The van der Waals surface area contributed by atoms with Gasteiger partial charge in [0.1, 0.15) is 0 Å². The smallest absolute Gasteiger partial charge is 0.307 e. The fourth-order valence-corrected chi connectivity index (χ4v) is 2.82. The molecule has 0 aliphatic carbocycles. The number of carboxylic acids is 1. The molecule has 0 aliphatic rings. The van der Waals surface area contributed by atoms with Crippen molar-refractivity contribution in [2.45, 2.75) is 19.8 Å². The van der Waals surface area contributed by atoms with Crippen LogP contribution in [0.1, 0.15) is 18.9 Å². The highest BCUT2D eigenvalue weighted by Crippen LogP contribution is 2.18. The average Bonchev–Trinajstić information content (AvgIpc) is 2.27. The molecule has 0 aromatic heterocycles. The molecule has 0 spiro atoms. The van der Waals surface area contributed by atoms with E-state index in [9.17, 15) is 13.2 Å². The van der Waals surface area contributed by atoms with Crippen LogP contribution in [-0.4, -0.2) is 32.3 Å². The quantitative estimate of drug-likeness (QED) is 0.850. The minimum atomic E-state index is -3.32. The van der Waals surface area contributed by atoms with E-state index in [1.54, 1.807) is 31.2 Å². The van der Waals surface area contributed by atoms with Crippen molar-refractivity contribution in [2.75, 3.05) is 17.1 Å². The summed E-state index contributed by atoms with van der Waals surface area (Å²) in [6.45, 7) is 1.80. The normalized spacial score (nSPS) is 11.2. The Kier molecular flexibility index (Phi) is 4.72. The number of benzene rings is 1. The summed E-state index contributed by atoms with van der Waals surface area (Å²) in [5.41, 5.74) is 1.07. The van der Waals surface area contributed by atoms with Crippen molar-refractivity contribution < 1.29 is 18.3 Å². The molecule has 0 unspecified atom stereocenters. The average molecular weight is 271 g/mol. The second-order valence-electron chi connectivity index (χ2n) is 4.02. The molecule has 0 amide bonds. The molecule has 5 nitrogen and oxygen atoms in total. The fourth-order valence-electron chi connectivity index (χ4n) is 1.59. The van der Waals surface area contributed by atoms with Gasteiger partial charge in [0.05, 0.1) is 17.9 Å². The highest BCUT2D eigenvalue weighted by atomic mass is 32.2. The summed E-state index contributed by atoms with van der Waals surface area (Å²) in [6, 6.07) is 6.56. The van der Waals surface area contributed by atoms with Gasteiger partial charge in [0.15, 0.2) is 0 Å². The molecular weight excluding hydrogens is 254 g/mol. The lowest BCUT2D eigenvalue weighted by Gasteiger charge is -2.19. The molecule has 0 fully saturated rings. The van der Waals surface area contributed by atoms with E-state index in [0.29, 0.717) is 17.7 Å². The molecular formula is C12H17NO4S. The summed E-state index contributed by atoms with van der Waals surface area (Å²) in [6.07, 6.45) is 0.428. The molecule has 1 aromatic rings. The Morgan fingerprint density at radius 3 is 2.61 bits per heavy atom. The molecule has 6 heteroatoms. The first-order chi connectivity index (χ1) is 8.36. The zero-order valence-electron chi connectivity index (χ0n) is 10.5. The Balaban J connectivity index is 2.99. The summed E-state index contributed by atoms with van der Waals surface area (Å²) >= 11 is 0. The molecule has 0 heterocycles. The van der Waals surface area contributed by atoms with Crippen molar-refractivity contribution in [1.29, 1.82) is 0 Å². The monoisotopic (exact) mass is 271 g/mol. The summed E-state index contributed by atoms with van der Waals surface area (Å²) < 4.78 is 24.9. The Labute approximate surface area is 107 Å². The fraction of sp³-hybridized carbons (Fsp3) is 0.417. The topological polar surface area (TPSA) is 74.7 Å². The molecule has 18 heavy (non-hydrogen) atoms. The van der Waals surface area contributed by atoms with Crippen LogP contribution in [-0.2, 0) is 21.2 Å². The van der Waals surface area contributed by atoms with Crippen LogP contribution in [0.3, 0.4) is 0 Å². The zero-order chi connectivity index (χ0) is 13.8. The first kappa shape index (κ1) is 14.5. The van der Waals surface area contributed by atoms with Crippen LogP contribution < -0.4 is 4.31 Å². The SMILES string of the molecule is CCCS(=O)(=O)N(C)c1cccc(CC(=O)O)c1. The number of hydrogen-bond donors (Lipinski definition) is 1. The molecule has 1 rings (SSSR count). The van der Waals surface area contributed by atoms with E-state index in [2.05, 4.69) is 0 Å². The van der Waals surface area contributed by atoms with Crippen LogP contribution in [0.15, 0.2) is 24.3 Å². The van der Waals surface area contributed by atoms with E-state index >= 15 is 0 Å². The van der Waals surface area contributed by atoms with E-state index in [1.807, 2.05) is 0 Å². The van der Waals surface area contributed by atoms with Crippen LogP contribution in [0.2, 0.25) is 0 Å². The van der Waals surface area contributed by atoms with Crippen molar-refractivity contribution in [2.24, 2.45) is 0 Å². The largest absolute Gasteiger partial charge is 0.481 e. The van der Waals surface area contributed by atoms with Crippen molar-refractivity contribution in [3.63, 3.8) is 0 Å². The van der Waals surface area contributed by atoms with Gasteiger partial charge >= 0.3 is 5.97 Å². The lowest BCUT2D eigenvalue weighted by molar-refractivity contribution is -0.136. The Morgan fingerprint density at radius 2 is 2.06 bits per heavy atom. The molecule has 0 aliphatic heterocycles. The molecule has 0 saturated carbocycles. The van der Waals surface area contributed by atoms with Gasteiger partial charge in [0.25, 0.3) is 0 Å². The number of nitrogens with zero attached hydrogens (tertiary/aromatic N) is 1. The van der Waals surface area contributed by atoms with Gasteiger partial charge in [-0.05, 0) is 24.1 Å². The summed E-state index contributed by atoms with van der Waals surface area (Å²) in [7, 11) is -1.85. The van der Waals surface area contributed by atoms with E-state index in [-0.39, 0.29) is 12.2 Å². The van der Waals surface area contributed by atoms with Gasteiger partial charge in [-0.3, -0.25) is 9.10 Å². The van der Waals surface area contributed by atoms with E-state index in [0.717, 1.165) is 0 Å². The van der Waals surface area contributed by atoms with E-state index < -0.39 is 16.0 Å². The number of carboxylic acid groups (broad SMARTS) is 1. The first-order valence-corrected chi connectivity index (χ1v) is 7.25. The van der Waals surface area contributed by atoms with E-state index in [4.69, 9.17) is 5.11 Å². The van der Waals surface area contributed by atoms with Gasteiger partial charge in [-0.25, -0.2) is 8.42 Å². The second-order valence-corrected chi connectivity index (χ2v) is 6.14. The lowest BCUT2D eigenvalue weighted by atomic mass is 10.1. The standard InChI is InChI=1S/C12H17NO4S/c1-3-7-18(16,17)13(2)11-6-4-5-10(8-11)9-12(14)15/h4-6,8H,3,7,9H2,1-2H3,(H,14,15). The third kappa shape index (κ3) is 3.73. The Hall–Kier alpha value is -1.56. The molecule has 1 N–H and O–H groups in total. The second kappa shape index (κ2) is 5.86. The van der Waals surface area contributed by atoms with Crippen LogP contribution in [0.25, 0.3) is 0 Å². The van der Waals surface area contributed by atoms with Gasteiger partial charge in [-0.1, -0.05) is 19.1 Å². The maximum Gasteiger partial charge on any atom is 0.307 e. The number of rotatable bonds is 6. The number of aliphatic carboxylic acids is 1. The molecule has 0 atom stereocenters. The Morgan fingerprint density at radius 1 is 1.39 bits per heavy atom. The van der Waals surface area contributed by atoms with Gasteiger partial charge in [0.2, 0.25) is 10.0 Å². The highest BCUT2D eigenvalue weighted by Gasteiger charge is 2.17. The van der Waals surface area contributed by atoms with Gasteiger partial charge < -0.3 is 5.11 Å². The maximum atomic E-state index is 11.9. The molecule has 100 valence electrons. The van der Waals surface area contributed by atoms with Crippen LogP contribution >= 0.6 is 0 Å². The van der Waals surface area contributed by atoms with Crippen LogP contribution in [0.5, 0.6) is 0 Å². The minimum Gasteiger partial charge on any atom is -0.481 e. The van der Waals surface area contributed by atoms with Crippen molar-refractivity contribution in [3.8, 4) is 0 Å². The number of anilines is 1. The predicted octanol–water partition coefficient (Wildman–Crippen LogP) is 1.49. The molecule has 0 radical (unpaired) electrons. The first-order valence-electron chi connectivity index (χ1n) is 5.64. The van der Waals surface area contributed by atoms with Crippen molar-refractivity contribution in [3.05, 3.63) is 29.8 Å². The van der Waals surface area contributed by atoms with Crippen LogP contribution in [0.4, 0.5) is 5.69 Å². The van der Waals surface area contributed by atoms with E-state index in [1.165, 1.54) is 11.4 Å². The van der Waals surface area contributed by atoms with Crippen molar-refractivity contribution >= 4 is 21.7 Å². The number of sulfonamides is 1. The van der Waals surface area contributed by atoms with Gasteiger partial charge in [0, 0.05) is 7.05 Å². The van der Waals surface area contributed by atoms with Gasteiger partial charge in [-0.2, -0.15) is 0 Å². The van der Waals surface area contributed by atoms with Crippen LogP contribution in [0, 0.1) is 0 Å².